The van der Waals surface area contributed by atoms with Crippen molar-refractivity contribution in [1.82, 2.24) is 0 Å². The second-order valence-electron chi connectivity index (χ2n) is 4.06. The van der Waals surface area contributed by atoms with Gasteiger partial charge in [-0.1, -0.05) is 32.3 Å². The van der Waals surface area contributed by atoms with Crippen LogP contribution in [-0.2, 0) is 0 Å². The third-order valence-electron chi connectivity index (χ3n) is 2.69. The fourth-order valence-electron chi connectivity index (χ4n) is 1.68. The van der Waals surface area contributed by atoms with E-state index in [0.29, 0.717) is 5.69 Å². The van der Waals surface area contributed by atoms with Crippen LogP contribution in [0.3, 0.4) is 0 Å². The van der Waals surface area contributed by atoms with Crippen molar-refractivity contribution in [3.05, 3.63) is 29.8 Å². The molecule has 0 spiro atoms. The number of anilines is 1. The molecule has 0 N–H and O–H groups in total. The molecule has 3 heteroatoms. The van der Waals surface area contributed by atoms with Crippen LogP contribution < -0.4 is 4.90 Å². The molecule has 0 aliphatic heterocycles. The Kier molecular flexibility index (Phi) is 5.23. The van der Waals surface area contributed by atoms with E-state index in [1.807, 2.05) is 0 Å². The Hall–Kier alpha value is -1.12. The summed E-state index contributed by atoms with van der Waals surface area (Å²) in [5.74, 6) is -1.53. The molecule has 1 aromatic rings. The number of rotatable bonds is 6. The van der Waals surface area contributed by atoms with Gasteiger partial charge >= 0.3 is 0 Å². The Morgan fingerprint density at radius 1 is 1.12 bits per heavy atom. The first kappa shape index (κ1) is 12.9. The minimum atomic E-state index is -0.780. The van der Waals surface area contributed by atoms with Gasteiger partial charge in [0.15, 0.2) is 11.6 Å². The maximum absolute atomic E-state index is 13.4. The van der Waals surface area contributed by atoms with Crippen molar-refractivity contribution in [2.24, 2.45) is 0 Å². The summed E-state index contributed by atoms with van der Waals surface area (Å²) in [5.41, 5.74) is 0.344. The van der Waals surface area contributed by atoms with E-state index in [4.69, 9.17) is 0 Å². The minimum Gasteiger partial charge on any atom is -0.372 e. The first-order valence-electron chi connectivity index (χ1n) is 5.82. The van der Waals surface area contributed by atoms with E-state index in [0.717, 1.165) is 25.5 Å². The van der Waals surface area contributed by atoms with Gasteiger partial charge in [-0.2, -0.15) is 0 Å². The van der Waals surface area contributed by atoms with Gasteiger partial charge in [0.25, 0.3) is 0 Å². The first-order chi connectivity index (χ1) is 7.66. The summed E-state index contributed by atoms with van der Waals surface area (Å²) in [7, 11) is 1.80. The van der Waals surface area contributed by atoms with E-state index in [9.17, 15) is 8.78 Å². The summed E-state index contributed by atoms with van der Waals surface area (Å²) in [6.45, 7) is 2.91. The quantitative estimate of drug-likeness (QED) is 0.664. The zero-order valence-electron chi connectivity index (χ0n) is 9.97. The molecule has 1 nitrogen and oxygen atoms in total. The SMILES string of the molecule is CCCCCCN(C)c1cccc(F)c1F. The summed E-state index contributed by atoms with van der Waals surface area (Å²) >= 11 is 0. The van der Waals surface area contributed by atoms with Crippen molar-refractivity contribution in [1.29, 1.82) is 0 Å². The van der Waals surface area contributed by atoms with Crippen LogP contribution in [-0.4, -0.2) is 13.6 Å². The minimum absolute atomic E-state index is 0.344. The molecule has 16 heavy (non-hydrogen) atoms. The van der Waals surface area contributed by atoms with Gasteiger partial charge in [0, 0.05) is 13.6 Å². The second kappa shape index (κ2) is 6.46. The van der Waals surface area contributed by atoms with Crippen molar-refractivity contribution in [3.63, 3.8) is 0 Å². The van der Waals surface area contributed by atoms with E-state index in [-0.39, 0.29) is 0 Å². The molecule has 0 saturated heterocycles. The predicted molar refractivity (Wildman–Crippen MR) is 63.8 cm³/mol. The lowest BCUT2D eigenvalue weighted by Crippen LogP contribution is -2.20. The van der Waals surface area contributed by atoms with Gasteiger partial charge in [-0.05, 0) is 18.6 Å². The van der Waals surface area contributed by atoms with Crippen molar-refractivity contribution in [2.75, 3.05) is 18.5 Å². The van der Waals surface area contributed by atoms with E-state index in [1.165, 1.54) is 18.9 Å². The van der Waals surface area contributed by atoms with Gasteiger partial charge in [-0.25, -0.2) is 8.78 Å². The van der Waals surface area contributed by atoms with Gasteiger partial charge in [0.1, 0.15) is 0 Å². The van der Waals surface area contributed by atoms with Crippen molar-refractivity contribution < 1.29 is 8.78 Å². The zero-order chi connectivity index (χ0) is 12.0. The number of halogens is 2. The Balaban J connectivity index is 2.52. The highest BCUT2D eigenvalue weighted by atomic mass is 19.2. The molecule has 1 rings (SSSR count). The van der Waals surface area contributed by atoms with E-state index in [1.54, 1.807) is 18.0 Å². The van der Waals surface area contributed by atoms with E-state index < -0.39 is 11.6 Å². The third kappa shape index (κ3) is 3.47. The largest absolute Gasteiger partial charge is 0.372 e. The summed E-state index contributed by atoms with van der Waals surface area (Å²) in [6, 6.07) is 4.29. The van der Waals surface area contributed by atoms with Crippen molar-refractivity contribution in [3.8, 4) is 0 Å². The zero-order valence-corrected chi connectivity index (χ0v) is 9.97. The lowest BCUT2D eigenvalue weighted by atomic mass is 10.2. The summed E-state index contributed by atoms with van der Waals surface area (Å²) in [6.07, 6.45) is 4.52. The number of unbranched alkanes of at least 4 members (excludes halogenated alkanes) is 3. The Morgan fingerprint density at radius 3 is 2.56 bits per heavy atom. The van der Waals surface area contributed by atoms with Crippen LogP contribution in [0.1, 0.15) is 32.6 Å². The Labute approximate surface area is 96.1 Å². The molecule has 0 aliphatic carbocycles. The topological polar surface area (TPSA) is 3.24 Å². The molecule has 0 saturated carbocycles. The van der Waals surface area contributed by atoms with E-state index in [2.05, 4.69) is 6.92 Å². The molecule has 0 radical (unpaired) electrons. The molecule has 0 fully saturated rings. The smallest absolute Gasteiger partial charge is 0.182 e. The molecule has 0 heterocycles. The van der Waals surface area contributed by atoms with Crippen LogP contribution in [0.15, 0.2) is 18.2 Å². The highest BCUT2D eigenvalue weighted by molar-refractivity contribution is 5.47. The van der Waals surface area contributed by atoms with Crippen molar-refractivity contribution >= 4 is 5.69 Å². The molecular formula is C13H19F2N. The van der Waals surface area contributed by atoms with Gasteiger partial charge < -0.3 is 4.90 Å². The van der Waals surface area contributed by atoms with Crippen LogP contribution in [0.4, 0.5) is 14.5 Å². The molecule has 0 bridgehead atoms. The molecule has 0 aromatic heterocycles. The molecule has 0 amide bonds. The van der Waals surface area contributed by atoms with Gasteiger partial charge in [0.2, 0.25) is 0 Å². The normalized spacial score (nSPS) is 10.5. The van der Waals surface area contributed by atoms with Gasteiger partial charge in [-0.3, -0.25) is 0 Å². The van der Waals surface area contributed by atoms with E-state index >= 15 is 0 Å². The average molecular weight is 227 g/mol. The fourth-order valence-corrected chi connectivity index (χ4v) is 1.68. The maximum atomic E-state index is 13.4. The number of hydrogen-bond donors (Lipinski definition) is 0. The van der Waals surface area contributed by atoms with Gasteiger partial charge in [0.05, 0.1) is 5.69 Å². The standard InChI is InChI=1S/C13H19F2N/c1-3-4-5-6-10-16(2)12-9-7-8-11(14)13(12)15/h7-9H,3-6,10H2,1-2H3. The van der Waals surface area contributed by atoms with Gasteiger partial charge in [-0.15, -0.1) is 0 Å². The molecular weight excluding hydrogens is 208 g/mol. The van der Waals surface area contributed by atoms with Crippen LogP contribution in [0.25, 0.3) is 0 Å². The molecule has 0 atom stereocenters. The van der Waals surface area contributed by atoms with Crippen LogP contribution in [0, 0.1) is 11.6 Å². The van der Waals surface area contributed by atoms with Crippen molar-refractivity contribution in [2.45, 2.75) is 32.6 Å². The average Bonchev–Trinajstić information content (AvgIpc) is 2.28. The second-order valence-corrected chi connectivity index (χ2v) is 4.06. The highest BCUT2D eigenvalue weighted by Gasteiger charge is 2.10. The highest BCUT2D eigenvalue weighted by Crippen LogP contribution is 2.20. The lowest BCUT2D eigenvalue weighted by Gasteiger charge is -2.19. The molecule has 90 valence electrons. The third-order valence-corrected chi connectivity index (χ3v) is 2.69. The molecule has 0 aliphatic rings. The molecule has 0 unspecified atom stereocenters. The first-order valence-corrected chi connectivity index (χ1v) is 5.82. The summed E-state index contributed by atoms with van der Waals surface area (Å²) in [5, 5.41) is 0. The molecule has 1 aromatic carbocycles. The van der Waals surface area contributed by atoms with Crippen LogP contribution in [0.5, 0.6) is 0 Å². The van der Waals surface area contributed by atoms with Crippen LogP contribution >= 0.6 is 0 Å². The van der Waals surface area contributed by atoms with Crippen LogP contribution in [0.2, 0.25) is 0 Å². The Morgan fingerprint density at radius 2 is 1.88 bits per heavy atom. The number of nitrogens with zero attached hydrogens (tertiary/aromatic N) is 1. The lowest BCUT2D eigenvalue weighted by molar-refractivity contribution is 0.506. The predicted octanol–water partition coefficient (Wildman–Crippen LogP) is 3.98. The monoisotopic (exact) mass is 227 g/mol. The Bertz CT molecular complexity index is 326. The summed E-state index contributed by atoms with van der Waals surface area (Å²) in [4.78, 5) is 1.77. The maximum Gasteiger partial charge on any atom is 0.182 e. The number of hydrogen-bond acceptors (Lipinski definition) is 1. The fraction of sp³-hybridized carbons (Fsp3) is 0.538. The number of benzene rings is 1. The summed E-state index contributed by atoms with van der Waals surface area (Å²) < 4.78 is 26.4.